The van der Waals surface area contributed by atoms with Crippen LogP contribution in [0.15, 0.2) is 0 Å². The number of esters is 1. The summed E-state index contributed by atoms with van der Waals surface area (Å²) >= 11 is 0. The van der Waals surface area contributed by atoms with Crippen LogP contribution in [0.5, 0.6) is 0 Å². The molecule has 0 spiro atoms. The van der Waals surface area contributed by atoms with Crippen molar-refractivity contribution in [3.05, 3.63) is 0 Å². The van der Waals surface area contributed by atoms with Gasteiger partial charge in [-0.1, -0.05) is 0 Å². The Morgan fingerprint density at radius 3 is 2.75 bits per heavy atom. The first-order valence-electron chi connectivity index (χ1n) is 4.60. The zero-order chi connectivity index (χ0) is 8.55. The fourth-order valence-electron chi connectivity index (χ4n) is 2.36. The Labute approximate surface area is 72.5 Å². The van der Waals surface area contributed by atoms with Crippen molar-refractivity contribution < 1.29 is 9.53 Å². The Morgan fingerprint density at radius 2 is 2.17 bits per heavy atom. The number of carbonyl (C=O) groups is 1. The zero-order valence-corrected chi connectivity index (χ0v) is 7.38. The topological polar surface area (TPSA) is 38.3 Å². The lowest BCUT2D eigenvalue weighted by atomic mass is 10.1. The molecule has 1 saturated carbocycles. The molecular weight excluding hydrogens is 154 g/mol. The van der Waals surface area contributed by atoms with Crippen LogP contribution >= 0.6 is 0 Å². The second-order valence-electron chi connectivity index (χ2n) is 3.76. The van der Waals surface area contributed by atoms with E-state index in [2.05, 4.69) is 10.1 Å². The van der Waals surface area contributed by atoms with E-state index in [0.29, 0.717) is 6.42 Å². The van der Waals surface area contributed by atoms with E-state index < -0.39 is 0 Å². The average Bonchev–Trinajstić information content (AvgIpc) is 2.55. The molecule has 2 aliphatic rings. The molecule has 3 nitrogen and oxygen atoms in total. The third-order valence-corrected chi connectivity index (χ3v) is 3.18. The van der Waals surface area contributed by atoms with Crippen LogP contribution in [0.2, 0.25) is 0 Å². The first-order chi connectivity index (χ1) is 5.83. The number of carbonyl (C=O) groups excluding carboxylic acids is 1. The maximum absolute atomic E-state index is 10.8. The minimum absolute atomic E-state index is 0.0621. The molecule has 2 fully saturated rings. The van der Waals surface area contributed by atoms with E-state index >= 15 is 0 Å². The molecule has 0 radical (unpaired) electrons. The van der Waals surface area contributed by atoms with Crippen molar-refractivity contribution in [1.82, 2.24) is 5.32 Å². The highest BCUT2D eigenvalue weighted by Crippen LogP contribution is 2.51. The summed E-state index contributed by atoms with van der Waals surface area (Å²) in [6.45, 7) is 2.33. The van der Waals surface area contributed by atoms with Crippen LogP contribution in [0.1, 0.15) is 12.8 Å². The monoisotopic (exact) mass is 169 g/mol. The van der Waals surface area contributed by atoms with Crippen LogP contribution < -0.4 is 5.32 Å². The van der Waals surface area contributed by atoms with Crippen molar-refractivity contribution in [1.29, 1.82) is 0 Å². The molecule has 0 aromatic rings. The zero-order valence-electron chi connectivity index (χ0n) is 7.38. The van der Waals surface area contributed by atoms with E-state index in [1.165, 1.54) is 7.11 Å². The highest BCUT2D eigenvalue weighted by atomic mass is 16.5. The Bertz CT molecular complexity index is 183. The summed E-state index contributed by atoms with van der Waals surface area (Å²) < 4.78 is 4.60. The smallest absolute Gasteiger partial charge is 0.305 e. The summed E-state index contributed by atoms with van der Waals surface area (Å²) in [7, 11) is 1.46. The van der Waals surface area contributed by atoms with E-state index in [1.54, 1.807) is 0 Å². The molecule has 1 heterocycles. The van der Waals surface area contributed by atoms with Crippen molar-refractivity contribution in [2.24, 2.45) is 17.8 Å². The Balaban J connectivity index is 1.67. The van der Waals surface area contributed by atoms with Crippen molar-refractivity contribution in [2.75, 3.05) is 20.2 Å². The lowest BCUT2D eigenvalue weighted by Gasteiger charge is -2.02. The number of ether oxygens (including phenoxy) is 1. The Hall–Kier alpha value is -0.570. The quantitative estimate of drug-likeness (QED) is 0.622. The van der Waals surface area contributed by atoms with Crippen LogP contribution in [0.25, 0.3) is 0 Å². The summed E-state index contributed by atoms with van der Waals surface area (Å²) in [6, 6.07) is 0. The molecule has 1 saturated heterocycles. The van der Waals surface area contributed by atoms with Gasteiger partial charge >= 0.3 is 5.97 Å². The minimum Gasteiger partial charge on any atom is -0.469 e. The standard InChI is InChI=1S/C9H15NO2/c1-12-9(11)3-2-6-7-4-10-5-8(6)7/h6-8,10H,2-5H2,1H3/t6?,7-,8+. The minimum atomic E-state index is -0.0621. The van der Waals surface area contributed by atoms with Crippen LogP contribution in [-0.2, 0) is 9.53 Å². The highest BCUT2D eigenvalue weighted by molar-refractivity contribution is 5.69. The number of nitrogens with one attached hydrogen (secondary N) is 1. The first kappa shape index (κ1) is 8.05. The van der Waals surface area contributed by atoms with Gasteiger partial charge in [-0.2, -0.15) is 0 Å². The summed E-state index contributed by atoms with van der Waals surface area (Å²) in [5, 5.41) is 3.34. The van der Waals surface area contributed by atoms with Crippen molar-refractivity contribution in [2.45, 2.75) is 12.8 Å². The van der Waals surface area contributed by atoms with Gasteiger partial charge < -0.3 is 10.1 Å². The van der Waals surface area contributed by atoms with Crippen LogP contribution in [0, 0.1) is 17.8 Å². The molecule has 0 aromatic carbocycles. The number of methoxy groups -OCH3 is 1. The van der Waals surface area contributed by atoms with Gasteiger partial charge in [-0.15, -0.1) is 0 Å². The highest BCUT2D eigenvalue weighted by Gasteiger charge is 2.51. The van der Waals surface area contributed by atoms with Gasteiger partial charge in [0.15, 0.2) is 0 Å². The second kappa shape index (κ2) is 3.05. The SMILES string of the molecule is COC(=O)CCC1[C@H]2CNC[C@@H]12. The number of hydrogen-bond donors (Lipinski definition) is 1. The first-order valence-corrected chi connectivity index (χ1v) is 4.60. The largest absolute Gasteiger partial charge is 0.469 e. The number of piperidine rings is 1. The van der Waals surface area contributed by atoms with Gasteiger partial charge in [0, 0.05) is 6.42 Å². The molecule has 3 heteroatoms. The Morgan fingerprint density at radius 1 is 1.50 bits per heavy atom. The summed E-state index contributed by atoms with van der Waals surface area (Å²) in [6.07, 6.45) is 1.64. The molecular formula is C9H15NO2. The van der Waals surface area contributed by atoms with Crippen molar-refractivity contribution >= 4 is 5.97 Å². The van der Waals surface area contributed by atoms with E-state index in [9.17, 15) is 4.79 Å². The Kier molecular flexibility index (Phi) is 2.05. The molecule has 1 N–H and O–H groups in total. The molecule has 1 aliphatic carbocycles. The molecule has 1 unspecified atom stereocenters. The van der Waals surface area contributed by atoms with Gasteiger partial charge in [0.05, 0.1) is 7.11 Å². The molecule has 3 atom stereocenters. The van der Waals surface area contributed by atoms with Gasteiger partial charge in [-0.05, 0) is 37.3 Å². The molecule has 0 aromatic heterocycles. The third kappa shape index (κ3) is 1.33. The van der Waals surface area contributed by atoms with Gasteiger partial charge in [0.25, 0.3) is 0 Å². The number of rotatable bonds is 3. The molecule has 12 heavy (non-hydrogen) atoms. The molecule has 0 amide bonds. The van der Waals surface area contributed by atoms with Crippen molar-refractivity contribution in [3.63, 3.8) is 0 Å². The van der Waals surface area contributed by atoms with Gasteiger partial charge in [0.2, 0.25) is 0 Å². The molecule has 68 valence electrons. The summed E-state index contributed by atoms with van der Waals surface area (Å²) in [5.41, 5.74) is 0. The summed E-state index contributed by atoms with van der Waals surface area (Å²) in [5.74, 6) is 2.49. The predicted octanol–water partition coefficient (Wildman–Crippen LogP) is 0.405. The van der Waals surface area contributed by atoms with Crippen LogP contribution in [-0.4, -0.2) is 26.2 Å². The summed E-state index contributed by atoms with van der Waals surface area (Å²) in [4.78, 5) is 10.8. The normalized spacial score (nSPS) is 37.6. The lowest BCUT2D eigenvalue weighted by molar-refractivity contribution is -0.140. The average molecular weight is 169 g/mol. The fraction of sp³-hybridized carbons (Fsp3) is 0.889. The van der Waals surface area contributed by atoms with Crippen molar-refractivity contribution in [3.8, 4) is 0 Å². The predicted molar refractivity (Wildman–Crippen MR) is 44.6 cm³/mol. The fourth-order valence-corrected chi connectivity index (χ4v) is 2.36. The van der Waals surface area contributed by atoms with Crippen LogP contribution in [0.4, 0.5) is 0 Å². The van der Waals surface area contributed by atoms with E-state index in [4.69, 9.17) is 0 Å². The van der Waals surface area contributed by atoms with Gasteiger partial charge in [-0.25, -0.2) is 0 Å². The van der Waals surface area contributed by atoms with Gasteiger partial charge in [0.1, 0.15) is 0 Å². The number of fused-ring (bicyclic) bond motifs is 1. The maximum atomic E-state index is 10.8. The molecule has 1 aliphatic heterocycles. The van der Waals surface area contributed by atoms with E-state index in [1.807, 2.05) is 0 Å². The molecule has 0 bridgehead atoms. The van der Waals surface area contributed by atoms with E-state index in [-0.39, 0.29) is 5.97 Å². The van der Waals surface area contributed by atoms with Gasteiger partial charge in [-0.3, -0.25) is 4.79 Å². The van der Waals surface area contributed by atoms with E-state index in [0.717, 1.165) is 37.3 Å². The third-order valence-electron chi connectivity index (χ3n) is 3.18. The maximum Gasteiger partial charge on any atom is 0.305 e. The molecule has 2 rings (SSSR count). The lowest BCUT2D eigenvalue weighted by Crippen LogP contribution is -2.15. The second-order valence-corrected chi connectivity index (χ2v) is 3.76. The van der Waals surface area contributed by atoms with Crippen LogP contribution in [0.3, 0.4) is 0 Å². The number of hydrogen-bond acceptors (Lipinski definition) is 3.